The number of rotatable bonds is 3. The highest BCUT2D eigenvalue weighted by molar-refractivity contribution is 5.94. The summed E-state index contributed by atoms with van der Waals surface area (Å²) in [6.07, 6.45) is 2.03. The number of carbonyl (C=O) groups excluding carboxylic acids is 1. The molecule has 1 aromatic heterocycles. The number of hydrogen-bond donors (Lipinski definition) is 0. The number of benzene rings is 2. The van der Waals surface area contributed by atoms with E-state index in [0.29, 0.717) is 17.0 Å². The molecule has 1 aliphatic rings. The maximum Gasteiger partial charge on any atom is 0.272 e. The van der Waals surface area contributed by atoms with Crippen molar-refractivity contribution in [3.05, 3.63) is 71.2 Å². The molecule has 0 N–H and O–H groups in total. The Bertz CT molecular complexity index is 1000. The summed E-state index contributed by atoms with van der Waals surface area (Å²) in [5.41, 5.74) is 4.35. The molecule has 0 spiro atoms. The molecule has 0 radical (unpaired) electrons. The Morgan fingerprint density at radius 2 is 1.78 bits per heavy atom. The van der Waals surface area contributed by atoms with Gasteiger partial charge in [0.25, 0.3) is 5.91 Å². The summed E-state index contributed by atoms with van der Waals surface area (Å²) in [5, 5.41) is 4.62. The van der Waals surface area contributed by atoms with Crippen LogP contribution in [-0.2, 0) is 0 Å². The van der Waals surface area contributed by atoms with Crippen molar-refractivity contribution in [1.29, 1.82) is 0 Å². The van der Waals surface area contributed by atoms with Gasteiger partial charge in [-0.3, -0.25) is 4.79 Å². The number of aryl methyl sites for hydroxylation is 2. The van der Waals surface area contributed by atoms with Crippen LogP contribution in [0.3, 0.4) is 0 Å². The van der Waals surface area contributed by atoms with Crippen LogP contribution in [0, 0.1) is 19.7 Å². The monoisotopic (exact) mass is 363 g/mol. The van der Waals surface area contributed by atoms with E-state index >= 15 is 0 Å². The summed E-state index contributed by atoms with van der Waals surface area (Å²) < 4.78 is 16.0. The van der Waals surface area contributed by atoms with Crippen molar-refractivity contribution in [3.8, 4) is 16.9 Å². The first-order valence-corrected chi connectivity index (χ1v) is 9.26. The van der Waals surface area contributed by atoms with Crippen LogP contribution in [0.5, 0.6) is 0 Å². The summed E-state index contributed by atoms with van der Waals surface area (Å²) in [7, 11) is 0. The predicted octanol–water partition coefficient (Wildman–Crippen LogP) is 4.53. The number of likely N-dealkylation sites (tertiary alicyclic amines) is 1. The molecule has 27 heavy (non-hydrogen) atoms. The third-order valence-electron chi connectivity index (χ3n) is 5.05. The van der Waals surface area contributed by atoms with Gasteiger partial charge in [0.15, 0.2) is 0 Å². The lowest BCUT2D eigenvalue weighted by Gasteiger charge is -2.17. The van der Waals surface area contributed by atoms with Crippen LogP contribution in [0.25, 0.3) is 16.9 Å². The number of hydrogen-bond acceptors (Lipinski definition) is 2. The topological polar surface area (TPSA) is 38.1 Å². The van der Waals surface area contributed by atoms with E-state index in [-0.39, 0.29) is 11.7 Å². The molecule has 0 bridgehead atoms. The second kappa shape index (κ2) is 6.99. The minimum absolute atomic E-state index is 0.0532. The van der Waals surface area contributed by atoms with E-state index in [4.69, 9.17) is 0 Å². The second-order valence-electron chi connectivity index (χ2n) is 7.10. The Balaban J connectivity index is 1.87. The Labute approximate surface area is 158 Å². The average Bonchev–Trinajstić information content (AvgIpc) is 3.32. The van der Waals surface area contributed by atoms with Gasteiger partial charge in [-0.15, -0.1) is 0 Å². The van der Waals surface area contributed by atoms with Crippen LogP contribution < -0.4 is 0 Å². The van der Waals surface area contributed by atoms with Gasteiger partial charge in [-0.1, -0.05) is 29.8 Å². The molecular weight excluding hydrogens is 341 g/mol. The molecule has 2 aromatic carbocycles. The first kappa shape index (κ1) is 17.5. The highest BCUT2D eigenvalue weighted by atomic mass is 19.1. The molecule has 0 aliphatic carbocycles. The molecule has 1 saturated heterocycles. The molecule has 2 heterocycles. The molecule has 0 unspecified atom stereocenters. The zero-order valence-electron chi connectivity index (χ0n) is 15.6. The second-order valence-corrected chi connectivity index (χ2v) is 7.10. The van der Waals surface area contributed by atoms with E-state index in [0.717, 1.165) is 42.7 Å². The third-order valence-corrected chi connectivity index (χ3v) is 5.05. The van der Waals surface area contributed by atoms with Crippen LogP contribution >= 0.6 is 0 Å². The molecule has 138 valence electrons. The number of aromatic nitrogens is 2. The summed E-state index contributed by atoms with van der Waals surface area (Å²) in [5.74, 6) is -0.398. The summed E-state index contributed by atoms with van der Waals surface area (Å²) in [6.45, 7) is 5.54. The number of carbonyl (C=O) groups is 1. The highest BCUT2D eigenvalue weighted by Crippen LogP contribution is 2.27. The summed E-state index contributed by atoms with van der Waals surface area (Å²) in [6, 6.07) is 14.2. The highest BCUT2D eigenvalue weighted by Gasteiger charge is 2.26. The van der Waals surface area contributed by atoms with E-state index in [1.807, 2.05) is 30.9 Å². The quantitative estimate of drug-likeness (QED) is 0.686. The Kier molecular flexibility index (Phi) is 4.52. The van der Waals surface area contributed by atoms with Gasteiger partial charge < -0.3 is 4.90 Å². The standard InChI is InChI=1S/C22H22FN3O/c1-15-9-10-20(16(2)13-15)26-21(22(27)25-11-5-6-12-25)14-19(24-26)17-7-3-4-8-18(17)23/h3-4,7-10,13-14H,5-6,11-12H2,1-2H3. The van der Waals surface area contributed by atoms with Crippen molar-refractivity contribution < 1.29 is 9.18 Å². The molecule has 1 aliphatic heterocycles. The van der Waals surface area contributed by atoms with Crippen molar-refractivity contribution in [1.82, 2.24) is 14.7 Å². The fraction of sp³-hybridized carbons (Fsp3) is 0.273. The van der Waals surface area contributed by atoms with E-state index in [1.54, 1.807) is 28.9 Å². The van der Waals surface area contributed by atoms with Gasteiger partial charge in [-0.25, -0.2) is 9.07 Å². The molecule has 1 fully saturated rings. The lowest BCUT2D eigenvalue weighted by atomic mass is 10.1. The van der Waals surface area contributed by atoms with E-state index in [2.05, 4.69) is 11.2 Å². The van der Waals surface area contributed by atoms with Gasteiger partial charge in [0.2, 0.25) is 0 Å². The van der Waals surface area contributed by atoms with Gasteiger partial charge in [0.05, 0.1) is 11.4 Å². The van der Waals surface area contributed by atoms with Crippen molar-refractivity contribution in [2.24, 2.45) is 0 Å². The minimum atomic E-state index is -0.344. The van der Waals surface area contributed by atoms with Crippen LogP contribution in [-0.4, -0.2) is 33.7 Å². The Hall–Kier alpha value is -2.95. The van der Waals surface area contributed by atoms with Gasteiger partial charge in [0.1, 0.15) is 11.5 Å². The maximum atomic E-state index is 14.3. The van der Waals surface area contributed by atoms with Gasteiger partial charge in [-0.05, 0) is 56.5 Å². The lowest BCUT2D eigenvalue weighted by Crippen LogP contribution is -2.29. The first-order chi connectivity index (χ1) is 13.0. The van der Waals surface area contributed by atoms with Crippen molar-refractivity contribution in [3.63, 3.8) is 0 Å². The van der Waals surface area contributed by atoms with E-state index < -0.39 is 0 Å². The molecular formula is C22H22FN3O. The Morgan fingerprint density at radius 3 is 2.48 bits per heavy atom. The maximum absolute atomic E-state index is 14.3. The van der Waals surface area contributed by atoms with Crippen LogP contribution in [0.4, 0.5) is 4.39 Å². The number of amides is 1. The summed E-state index contributed by atoms with van der Waals surface area (Å²) in [4.78, 5) is 15.0. The minimum Gasteiger partial charge on any atom is -0.337 e. The number of halogens is 1. The SMILES string of the molecule is Cc1ccc(-n2nc(-c3ccccc3F)cc2C(=O)N2CCCC2)c(C)c1. The fourth-order valence-electron chi connectivity index (χ4n) is 3.64. The zero-order valence-corrected chi connectivity index (χ0v) is 15.6. The van der Waals surface area contributed by atoms with Crippen molar-refractivity contribution in [2.45, 2.75) is 26.7 Å². The fourth-order valence-corrected chi connectivity index (χ4v) is 3.64. The normalized spacial score (nSPS) is 14.0. The van der Waals surface area contributed by atoms with E-state index in [1.165, 1.54) is 6.07 Å². The predicted molar refractivity (Wildman–Crippen MR) is 104 cm³/mol. The molecule has 4 nitrogen and oxygen atoms in total. The average molecular weight is 363 g/mol. The smallest absolute Gasteiger partial charge is 0.272 e. The number of nitrogens with zero attached hydrogens (tertiary/aromatic N) is 3. The van der Waals surface area contributed by atoms with Gasteiger partial charge in [0, 0.05) is 18.7 Å². The molecule has 5 heteroatoms. The molecule has 0 saturated carbocycles. The molecule has 1 amide bonds. The van der Waals surface area contributed by atoms with Crippen LogP contribution in [0.15, 0.2) is 48.5 Å². The molecule has 3 aromatic rings. The van der Waals surface area contributed by atoms with Crippen LogP contribution in [0.1, 0.15) is 34.5 Å². The van der Waals surface area contributed by atoms with Gasteiger partial charge in [-0.2, -0.15) is 5.10 Å². The van der Waals surface area contributed by atoms with Crippen LogP contribution in [0.2, 0.25) is 0 Å². The summed E-state index contributed by atoms with van der Waals surface area (Å²) >= 11 is 0. The lowest BCUT2D eigenvalue weighted by molar-refractivity contribution is 0.0784. The molecule has 0 atom stereocenters. The third kappa shape index (κ3) is 3.25. The van der Waals surface area contributed by atoms with Crippen molar-refractivity contribution >= 4 is 5.91 Å². The largest absolute Gasteiger partial charge is 0.337 e. The van der Waals surface area contributed by atoms with Gasteiger partial charge >= 0.3 is 0 Å². The zero-order chi connectivity index (χ0) is 19.0. The Morgan fingerprint density at radius 1 is 1.04 bits per heavy atom. The molecule has 4 rings (SSSR count). The van der Waals surface area contributed by atoms with Crippen molar-refractivity contribution in [2.75, 3.05) is 13.1 Å². The first-order valence-electron chi connectivity index (χ1n) is 9.26. The van der Waals surface area contributed by atoms with E-state index in [9.17, 15) is 9.18 Å².